The van der Waals surface area contributed by atoms with Crippen LogP contribution in [0.25, 0.3) is 0 Å². The van der Waals surface area contributed by atoms with Crippen molar-refractivity contribution >= 4 is 11.8 Å². The predicted octanol–water partition coefficient (Wildman–Crippen LogP) is 2.42. The summed E-state index contributed by atoms with van der Waals surface area (Å²) >= 11 is 0. The summed E-state index contributed by atoms with van der Waals surface area (Å²) in [5.41, 5.74) is 1.32. The maximum atomic E-state index is 11.7. The standard InChI is InChI=1S/C10H11NO2.C7H8/c1-11-9(12)7-5-2-3-6(4-5)8(7)10(11)13;1-7-5-3-2-4-6-7/h2-3,5-8H,4H2,1H3;2-6H,1H3. The minimum absolute atomic E-state index is 0.0208. The molecule has 1 aromatic carbocycles. The summed E-state index contributed by atoms with van der Waals surface area (Å²) < 4.78 is 0. The molecule has 4 rings (SSSR count). The fourth-order valence-corrected chi connectivity index (χ4v) is 3.59. The van der Waals surface area contributed by atoms with Crippen molar-refractivity contribution in [2.24, 2.45) is 23.7 Å². The van der Waals surface area contributed by atoms with E-state index in [0.717, 1.165) is 6.42 Å². The van der Waals surface area contributed by atoms with Crippen LogP contribution in [0.5, 0.6) is 0 Å². The zero-order valence-corrected chi connectivity index (χ0v) is 11.8. The van der Waals surface area contributed by atoms with Crippen LogP contribution in [0.1, 0.15) is 12.0 Å². The minimum atomic E-state index is -0.0208. The minimum Gasteiger partial charge on any atom is -0.285 e. The Bertz CT molecular complexity index is 534. The normalized spacial score (nSPS) is 33.2. The van der Waals surface area contributed by atoms with Crippen LogP contribution in [-0.2, 0) is 9.59 Å². The fraction of sp³-hybridized carbons (Fsp3) is 0.412. The molecule has 20 heavy (non-hydrogen) atoms. The van der Waals surface area contributed by atoms with E-state index in [1.807, 2.05) is 18.2 Å². The fourth-order valence-electron chi connectivity index (χ4n) is 3.59. The highest BCUT2D eigenvalue weighted by Crippen LogP contribution is 2.52. The van der Waals surface area contributed by atoms with E-state index in [0.29, 0.717) is 11.8 Å². The highest BCUT2D eigenvalue weighted by atomic mass is 16.2. The van der Waals surface area contributed by atoms with Gasteiger partial charge < -0.3 is 0 Å². The van der Waals surface area contributed by atoms with Crippen LogP contribution >= 0.6 is 0 Å². The Labute approximate surface area is 119 Å². The van der Waals surface area contributed by atoms with Crippen molar-refractivity contribution in [1.29, 1.82) is 0 Å². The molecule has 1 heterocycles. The predicted molar refractivity (Wildman–Crippen MR) is 76.7 cm³/mol. The average Bonchev–Trinajstić information content (AvgIpc) is 3.11. The second-order valence-corrected chi connectivity index (χ2v) is 5.89. The van der Waals surface area contributed by atoms with E-state index in [-0.39, 0.29) is 23.7 Å². The first-order valence-electron chi connectivity index (χ1n) is 7.11. The Morgan fingerprint density at radius 1 is 0.950 bits per heavy atom. The van der Waals surface area contributed by atoms with Gasteiger partial charge in [0, 0.05) is 7.05 Å². The molecule has 2 fully saturated rings. The lowest BCUT2D eigenvalue weighted by molar-refractivity contribution is -0.138. The van der Waals surface area contributed by atoms with E-state index in [1.165, 1.54) is 10.5 Å². The van der Waals surface area contributed by atoms with E-state index in [4.69, 9.17) is 0 Å². The quantitative estimate of drug-likeness (QED) is 0.536. The Morgan fingerprint density at radius 2 is 1.45 bits per heavy atom. The van der Waals surface area contributed by atoms with Crippen LogP contribution in [0.3, 0.4) is 0 Å². The number of nitrogens with zero attached hydrogens (tertiary/aromatic N) is 1. The number of carbonyl (C=O) groups excluding carboxylic acids is 2. The van der Waals surface area contributed by atoms with Crippen molar-refractivity contribution in [2.75, 3.05) is 7.05 Å². The second kappa shape index (κ2) is 4.89. The zero-order chi connectivity index (χ0) is 14.3. The number of hydrogen-bond donors (Lipinski definition) is 0. The van der Waals surface area contributed by atoms with Crippen LogP contribution in [-0.4, -0.2) is 23.8 Å². The molecular formula is C17H19NO2. The highest BCUT2D eigenvalue weighted by Gasteiger charge is 2.58. The summed E-state index contributed by atoms with van der Waals surface area (Å²) in [5.74, 6) is 0.714. The van der Waals surface area contributed by atoms with Crippen LogP contribution in [0.15, 0.2) is 42.5 Å². The summed E-state index contributed by atoms with van der Waals surface area (Å²) in [6, 6.07) is 10.3. The van der Waals surface area contributed by atoms with Crippen molar-refractivity contribution in [2.45, 2.75) is 13.3 Å². The van der Waals surface area contributed by atoms with E-state index in [9.17, 15) is 9.59 Å². The lowest BCUT2D eigenvalue weighted by atomic mass is 9.85. The van der Waals surface area contributed by atoms with Gasteiger partial charge in [-0.25, -0.2) is 0 Å². The van der Waals surface area contributed by atoms with Gasteiger partial charge in [-0.2, -0.15) is 0 Å². The van der Waals surface area contributed by atoms with Crippen LogP contribution in [0.2, 0.25) is 0 Å². The number of fused-ring (bicyclic) bond motifs is 5. The van der Waals surface area contributed by atoms with Crippen molar-refractivity contribution in [3.63, 3.8) is 0 Å². The molecule has 2 bridgehead atoms. The number of rotatable bonds is 0. The van der Waals surface area contributed by atoms with E-state index in [2.05, 4.69) is 31.2 Å². The molecule has 0 aromatic heterocycles. The summed E-state index contributed by atoms with van der Waals surface area (Å²) in [6.45, 7) is 2.08. The largest absolute Gasteiger partial charge is 0.285 e. The van der Waals surface area contributed by atoms with Crippen LogP contribution < -0.4 is 0 Å². The molecular weight excluding hydrogens is 250 g/mol. The van der Waals surface area contributed by atoms with Crippen LogP contribution in [0, 0.1) is 30.6 Å². The van der Waals surface area contributed by atoms with Crippen LogP contribution in [0.4, 0.5) is 0 Å². The number of likely N-dealkylation sites (tertiary alicyclic amines) is 1. The van der Waals surface area contributed by atoms with E-state index in [1.54, 1.807) is 7.05 Å². The molecule has 0 N–H and O–H groups in total. The Kier molecular flexibility index (Phi) is 3.20. The Morgan fingerprint density at radius 3 is 1.85 bits per heavy atom. The number of benzene rings is 1. The lowest BCUT2D eigenvalue weighted by Crippen LogP contribution is -2.28. The Hall–Kier alpha value is -1.90. The number of allylic oxidation sites excluding steroid dienone is 2. The molecule has 0 spiro atoms. The van der Waals surface area contributed by atoms with Crippen molar-refractivity contribution in [3.8, 4) is 0 Å². The third-order valence-electron chi connectivity index (χ3n) is 4.63. The van der Waals surface area contributed by atoms with E-state index < -0.39 is 0 Å². The van der Waals surface area contributed by atoms with Gasteiger partial charge in [-0.3, -0.25) is 14.5 Å². The van der Waals surface area contributed by atoms with Gasteiger partial charge in [-0.1, -0.05) is 48.0 Å². The molecule has 4 atom stereocenters. The highest BCUT2D eigenvalue weighted by molar-refractivity contribution is 6.06. The molecule has 1 saturated heterocycles. The van der Waals surface area contributed by atoms with Crippen molar-refractivity contribution in [1.82, 2.24) is 4.90 Å². The molecule has 3 heteroatoms. The number of imide groups is 1. The molecule has 1 aliphatic heterocycles. The first kappa shape index (κ1) is 13.1. The van der Waals surface area contributed by atoms with Gasteiger partial charge in [0.25, 0.3) is 0 Å². The number of carbonyl (C=O) groups is 2. The van der Waals surface area contributed by atoms with Crippen molar-refractivity contribution < 1.29 is 9.59 Å². The maximum Gasteiger partial charge on any atom is 0.233 e. The van der Waals surface area contributed by atoms with Gasteiger partial charge in [-0.15, -0.1) is 0 Å². The molecule has 2 amide bonds. The summed E-state index contributed by atoms with van der Waals surface area (Å²) in [4.78, 5) is 24.6. The molecule has 4 unspecified atom stereocenters. The molecule has 0 radical (unpaired) electrons. The molecule has 2 aliphatic carbocycles. The van der Waals surface area contributed by atoms with E-state index >= 15 is 0 Å². The summed E-state index contributed by atoms with van der Waals surface area (Å²) in [6.07, 6.45) is 5.23. The third kappa shape index (κ3) is 1.98. The monoisotopic (exact) mass is 269 g/mol. The van der Waals surface area contributed by atoms with Gasteiger partial charge >= 0.3 is 0 Å². The summed E-state index contributed by atoms with van der Waals surface area (Å²) in [7, 11) is 1.60. The third-order valence-corrected chi connectivity index (χ3v) is 4.63. The molecule has 1 saturated carbocycles. The van der Waals surface area contributed by atoms with Gasteiger partial charge in [0.05, 0.1) is 11.8 Å². The molecule has 3 aliphatic rings. The number of hydrogen-bond acceptors (Lipinski definition) is 2. The molecule has 1 aromatic rings. The maximum absolute atomic E-state index is 11.7. The van der Waals surface area contributed by atoms with Gasteiger partial charge in [0.1, 0.15) is 0 Å². The SMILES string of the molecule is CN1C(=O)C2C3C=CC(C3)C2C1=O.Cc1ccccc1. The second-order valence-electron chi connectivity index (χ2n) is 5.89. The first-order valence-corrected chi connectivity index (χ1v) is 7.11. The topological polar surface area (TPSA) is 37.4 Å². The average molecular weight is 269 g/mol. The number of amides is 2. The summed E-state index contributed by atoms with van der Waals surface area (Å²) in [5, 5.41) is 0. The smallest absolute Gasteiger partial charge is 0.233 e. The van der Waals surface area contributed by atoms with Crippen molar-refractivity contribution in [3.05, 3.63) is 48.0 Å². The Balaban J connectivity index is 0.000000147. The first-order chi connectivity index (χ1) is 9.59. The lowest BCUT2D eigenvalue weighted by Gasteiger charge is -2.14. The zero-order valence-electron chi connectivity index (χ0n) is 11.8. The van der Waals surface area contributed by atoms with Gasteiger partial charge in [0.2, 0.25) is 11.8 Å². The number of aryl methyl sites for hydroxylation is 1. The van der Waals surface area contributed by atoms with Gasteiger partial charge in [0.15, 0.2) is 0 Å². The van der Waals surface area contributed by atoms with Gasteiger partial charge in [-0.05, 0) is 25.2 Å². The molecule has 104 valence electrons. The molecule has 3 nitrogen and oxygen atoms in total.